The topological polar surface area (TPSA) is 17.1 Å². The Hall–Kier alpha value is -0.940. The number of ketones is 1. The monoisotopic (exact) mass is 148 g/mol. The van der Waals surface area contributed by atoms with E-state index < -0.39 is 0 Å². The van der Waals surface area contributed by atoms with Crippen molar-refractivity contribution in [3.63, 3.8) is 0 Å². The molecule has 1 nitrogen and oxygen atoms in total. The molecule has 2 rings (SSSR count). The van der Waals surface area contributed by atoms with E-state index in [1.54, 1.807) is 12.2 Å². The summed E-state index contributed by atoms with van der Waals surface area (Å²) >= 11 is 0. The second-order valence-electron chi connectivity index (χ2n) is 2.14. The van der Waals surface area contributed by atoms with Crippen molar-refractivity contribution in [2.75, 3.05) is 0 Å². The van der Waals surface area contributed by atoms with E-state index in [0.717, 1.165) is 19.1 Å². The molecule has 0 radical (unpaired) electrons. The molecular weight excluding hydrogens is 143 g/mol. The highest BCUT2D eigenvalue weighted by molar-refractivity contribution is 7.48. The summed E-state index contributed by atoms with van der Waals surface area (Å²) in [5.74, 6) is 2.15. The van der Waals surface area contributed by atoms with Crippen molar-refractivity contribution in [2.24, 2.45) is 0 Å². The fraction of sp³-hybridized carbons (Fsp3) is 0. The van der Waals surface area contributed by atoms with Gasteiger partial charge in [-0.05, 0) is 23.5 Å². The predicted molar refractivity (Wildman–Crippen MR) is 43.3 cm³/mol. The van der Waals surface area contributed by atoms with E-state index in [0.29, 0.717) is 0 Å². The largest absolute Gasteiger partial charge is 0.289 e. The lowest BCUT2D eigenvalue weighted by molar-refractivity contribution is -0.108. The minimum atomic E-state index is 0.157. The Balaban J connectivity index is 2.54. The third-order valence-corrected chi connectivity index (χ3v) is 2.52. The van der Waals surface area contributed by atoms with Crippen molar-refractivity contribution in [1.82, 2.24) is 0 Å². The van der Waals surface area contributed by atoms with Gasteiger partial charge in [0.25, 0.3) is 0 Å². The molecule has 1 aliphatic carbocycles. The zero-order valence-corrected chi connectivity index (χ0v) is 6.14. The molecule has 2 heteroatoms. The van der Waals surface area contributed by atoms with Gasteiger partial charge in [-0.2, -0.15) is 0 Å². The molecule has 0 atom stereocenters. The van der Waals surface area contributed by atoms with Gasteiger partial charge in [0.15, 0.2) is 5.78 Å². The Kier molecular flexibility index (Phi) is 1.18. The van der Waals surface area contributed by atoms with Gasteiger partial charge in [0.2, 0.25) is 0 Å². The van der Waals surface area contributed by atoms with Crippen molar-refractivity contribution in [2.45, 2.75) is 0 Å². The number of fused-ring (bicyclic) bond motifs is 1. The molecule has 0 unspecified atom stereocenters. The summed E-state index contributed by atoms with van der Waals surface area (Å²) in [4.78, 5) is 11.1. The van der Waals surface area contributed by atoms with E-state index in [-0.39, 0.29) is 5.78 Å². The maximum atomic E-state index is 11.1. The van der Waals surface area contributed by atoms with Crippen LogP contribution in [0.15, 0.2) is 35.7 Å². The number of allylic oxidation sites excluding steroid dienone is 5. The average Bonchev–Trinajstić information content (AvgIpc) is 2.36. The predicted octanol–water partition coefficient (Wildman–Crippen LogP) is 1.70. The first kappa shape index (κ1) is 5.82. The number of hydrogen-bond acceptors (Lipinski definition) is 1. The first-order chi connectivity index (χ1) is 4.88. The summed E-state index contributed by atoms with van der Waals surface area (Å²) in [5.41, 5.74) is 1.08. The van der Waals surface area contributed by atoms with Crippen LogP contribution in [-0.2, 0) is 4.79 Å². The first-order valence-electron chi connectivity index (χ1n) is 3.05. The molecule has 0 N–H and O–H groups in total. The van der Waals surface area contributed by atoms with Crippen LogP contribution < -0.4 is 0 Å². The minimum Gasteiger partial charge on any atom is -0.289 e. The molecule has 0 saturated heterocycles. The third kappa shape index (κ3) is 0.714. The van der Waals surface area contributed by atoms with Gasteiger partial charge in [0, 0.05) is 0 Å². The van der Waals surface area contributed by atoms with Crippen LogP contribution in [0, 0.1) is 0 Å². The molecule has 0 spiro atoms. The van der Waals surface area contributed by atoms with E-state index in [1.165, 1.54) is 0 Å². The number of carbonyl (C=O) groups is 1. The lowest BCUT2D eigenvalue weighted by Gasteiger charge is -2.01. The number of rotatable bonds is 0. The van der Waals surface area contributed by atoms with Gasteiger partial charge in [-0.3, -0.25) is 4.79 Å². The van der Waals surface area contributed by atoms with Gasteiger partial charge in [-0.25, -0.2) is 0 Å². The van der Waals surface area contributed by atoms with Gasteiger partial charge >= 0.3 is 0 Å². The molecule has 1 aliphatic heterocycles. The molecule has 0 amide bonds. The quantitative estimate of drug-likeness (QED) is 0.478. The fourth-order valence-electron chi connectivity index (χ4n) is 1.00. The molecule has 1 heterocycles. The summed E-state index contributed by atoms with van der Waals surface area (Å²) in [6.07, 6.45) is 7.36. The average molecular weight is 148 g/mol. The van der Waals surface area contributed by atoms with Crippen LogP contribution in [0.25, 0.3) is 0 Å². The van der Waals surface area contributed by atoms with Crippen molar-refractivity contribution in [3.8, 4) is 0 Å². The standard InChI is InChI=1S/C8H5OP/c9-7-3-1-2-6-4-5-10-8(6)7/h1-5H. The highest BCUT2D eigenvalue weighted by Crippen LogP contribution is 2.23. The van der Waals surface area contributed by atoms with Crippen LogP contribution in [0.5, 0.6) is 0 Å². The molecule has 0 aromatic heterocycles. The summed E-state index contributed by atoms with van der Waals surface area (Å²) in [5, 5.41) is 0.919. The van der Waals surface area contributed by atoms with Crippen molar-refractivity contribution in [3.05, 3.63) is 35.7 Å². The zero-order chi connectivity index (χ0) is 6.97. The lowest BCUT2D eigenvalue weighted by atomic mass is 10.0. The van der Waals surface area contributed by atoms with Crippen molar-refractivity contribution in [1.29, 1.82) is 0 Å². The molecule has 0 fully saturated rings. The molecular formula is C8H5OP. The smallest absolute Gasteiger partial charge is 0.191 e. The van der Waals surface area contributed by atoms with Crippen LogP contribution >= 0.6 is 8.20 Å². The lowest BCUT2D eigenvalue weighted by Crippen LogP contribution is -2.11. The Labute approximate surface area is 60.5 Å². The van der Waals surface area contributed by atoms with E-state index in [2.05, 4.69) is 0 Å². The van der Waals surface area contributed by atoms with Crippen LogP contribution in [0.4, 0.5) is 0 Å². The summed E-state index contributed by atoms with van der Waals surface area (Å²) in [6, 6.07) is 0. The van der Waals surface area contributed by atoms with Crippen LogP contribution in [0.2, 0.25) is 0 Å². The molecule has 48 valence electrons. The Bertz CT molecular complexity index is 299. The van der Waals surface area contributed by atoms with Gasteiger partial charge in [-0.15, -0.1) is 0 Å². The fourth-order valence-corrected chi connectivity index (χ4v) is 1.89. The maximum absolute atomic E-state index is 11.1. The number of hydrogen-bond donors (Lipinski definition) is 0. The van der Waals surface area contributed by atoms with Gasteiger partial charge in [0.05, 0.1) is 5.29 Å². The molecule has 0 aromatic rings. The highest BCUT2D eigenvalue weighted by atomic mass is 31.1. The van der Waals surface area contributed by atoms with Crippen molar-refractivity contribution >= 4 is 19.3 Å². The van der Waals surface area contributed by atoms with Crippen molar-refractivity contribution < 1.29 is 4.79 Å². The zero-order valence-electron chi connectivity index (χ0n) is 5.24. The molecule has 0 saturated carbocycles. The summed E-state index contributed by atoms with van der Waals surface area (Å²) in [6.45, 7) is 0. The summed E-state index contributed by atoms with van der Waals surface area (Å²) in [7, 11) is 1.04. The SMILES string of the molecule is O=C1C=CC=C2C=CP=C12. The highest BCUT2D eigenvalue weighted by Gasteiger charge is 2.15. The maximum Gasteiger partial charge on any atom is 0.191 e. The Morgan fingerprint density at radius 3 is 3.00 bits per heavy atom. The number of carbonyl (C=O) groups excluding carboxylic acids is 1. The van der Waals surface area contributed by atoms with Crippen LogP contribution in [-0.4, -0.2) is 11.1 Å². The van der Waals surface area contributed by atoms with E-state index in [9.17, 15) is 4.79 Å². The molecule has 0 aromatic carbocycles. The van der Waals surface area contributed by atoms with Gasteiger partial charge in [-0.1, -0.05) is 20.4 Å². The summed E-state index contributed by atoms with van der Waals surface area (Å²) < 4.78 is 0. The second-order valence-corrected chi connectivity index (χ2v) is 3.14. The van der Waals surface area contributed by atoms with Gasteiger partial charge in [0.1, 0.15) is 0 Å². The molecule has 10 heavy (non-hydrogen) atoms. The van der Waals surface area contributed by atoms with Gasteiger partial charge < -0.3 is 0 Å². The first-order valence-corrected chi connectivity index (χ1v) is 4.02. The van der Waals surface area contributed by atoms with Crippen LogP contribution in [0.1, 0.15) is 0 Å². The minimum absolute atomic E-state index is 0.157. The van der Waals surface area contributed by atoms with Crippen LogP contribution in [0.3, 0.4) is 0 Å². The third-order valence-electron chi connectivity index (χ3n) is 1.49. The normalized spacial score (nSPS) is 22.2. The Morgan fingerprint density at radius 2 is 2.20 bits per heavy atom. The van der Waals surface area contributed by atoms with E-state index in [4.69, 9.17) is 0 Å². The molecule has 2 aliphatic rings. The molecule has 0 bridgehead atoms. The second kappa shape index (κ2) is 2.03. The van der Waals surface area contributed by atoms with E-state index >= 15 is 0 Å². The van der Waals surface area contributed by atoms with E-state index in [1.807, 2.05) is 18.0 Å². The Morgan fingerprint density at radius 1 is 1.30 bits per heavy atom.